The molecule has 7 heavy (non-hydrogen) atoms. The van der Waals surface area contributed by atoms with E-state index in [0.29, 0.717) is 0 Å². The van der Waals surface area contributed by atoms with E-state index in [1.165, 1.54) is 5.20 Å². The molecule has 0 aromatic carbocycles. The van der Waals surface area contributed by atoms with Crippen molar-refractivity contribution in [2.45, 2.75) is 13.0 Å². The third-order valence-electron chi connectivity index (χ3n) is 1.06. The Morgan fingerprint density at radius 2 is 2.57 bits per heavy atom. The van der Waals surface area contributed by atoms with Crippen LogP contribution in [0.2, 0.25) is 6.55 Å². The van der Waals surface area contributed by atoms with Gasteiger partial charge in [0.05, 0.1) is 9.52 Å². The second-order valence-corrected chi connectivity index (χ2v) is 2.62. The highest BCUT2D eigenvalue weighted by Gasteiger charge is 1.91. The monoisotopic (exact) mass is 108 g/mol. The van der Waals surface area contributed by atoms with E-state index in [4.69, 9.17) is 0 Å². The fourth-order valence-corrected chi connectivity index (χ4v) is 1.25. The lowest BCUT2D eigenvalue weighted by Gasteiger charge is -1.82. The molecule has 2 radical (unpaired) electrons. The zero-order valence-corrected chi connectivity index (χ0v) is 5.44. The van der Waals surface area contributed by atoms with Gasteiger partial charge in [-0.3, -0.25) is 0 Å². The van der Waals surface area contributed by atoms with Crippen LogP contribution in [-0.2, 0) is 0 Å². The maximum absolute atomic E-state index is 2.28. The maximum Gasteiger partial charge on any atom is 0.0768 e. The second kappa shape index (κ2) is 2.12. The molecule has 0 atom stereocenters. The summed E-state index contributed by atoms with van der Waals surface area (Å²) >= 11 is 0. The molecule has 0 unspecified atom stereocenters. The highest BCUT2D eigenvalue weighted by atomic mass is 28.2. The van der Waals surface area contributed by atoms with Crippen LogP contribution in [0, 0.1) is 0 Å². The number of hydrogen-bond donors (Lipinski definition) is 0. The molecule has 0 N–H and O–H groups in total. The van der Waals surface area contributed by atoms with Crippen LogP contribution in [0.1, 0.15) is 6.42 Å². The Morgan fingerprint density at radius 3 is 2.86 bits per heavy atom. The first-order valence-electron chi connectivity index (χ1n) is 2.48. The molecule has 0 saturated heterocycles. The summed E-state index contributed by atoms with van der Waals surface area (Å²) in [5.41, 5.74) is 0. The average Bonchev–Trinajstić information content (AvgIpc) is 2.14. The highest BCUT2D eigenvalue weighted by Crippen LogP contribution is 2.05. The molecular formula is C6H8Si. The normalized spacial score (nSPS) is 17.6. The Labute approximate surface area is 46.8 Å². The molecule has 0 aromatic heterocycles. The van der Waals surface area contributed by atoms with Crippen molar-refractivity contribution in [2.24, 2.45) is 0 Å². The molecule has 0 bridgehead atoms. The summed E-state index contributed by atoms with van der Waals surface area (Å²) in [6.07, 6.45) is 7.85. The summed E-state index contributed by atoms with van der Waals surface area (Å²) in [5, 5.41) is 1.51. The first kappa shape index (κ1) is 4.85. The molecule has 1 aliphatic carbocycles. The quantitative estimate of drug-likeness (QED) is 0.447. The Hall–Kier alpha value is -0.303. The molecular weight excluding hydrogens is 100 g/mol. The minimum absolute atomic E-state index is 0.986. The average molecular weight is 108 g/mol. The first-order chi connectivity index (χ1) is 3.43. The maximum atomic E-state index is 2.28. The molecule has 1 rings (SSSR count). The van der Waals surface area contributed by atoms with Gasteiger partial charge in [0.2, 0.25) is 0 Å². The predicted octanol–water partition coefficient (Wildman–Crippen LogP) is 1.58. The lowest BCUT2D eigenvalue weighted by Crippen LogP contribution is -1.80. The van der Waals surface area contributed by atoms with E-state index in [0.717, 1.165) is 15.9 Å². The zero-order chi connectivity index (χ0) is 5.11. The van der Waals surface area contributed by atoms with Crippen LogP contribution in [0.4, 0.5) is 0 Å². The van der Waals surface area contributed by atoms with Crippen molar-refractivity contribution in [1.82, 2.24) is 0 Å². The molecule has 0 amide bonds. The van der Waals surface area contributed by atoms with Crippen LogP contribution in [-0.4, -0.2) is 9.52 Å². The van der Waals surface area contributed by atoms with Crippen molar-refractivity contribution in [2.75, 3.05) is 0 Å². The van der Waals surface area contributed by atoms with Gasteiger partial charge in [0.1, 0.15) is 0 Å². The fourth-order valence-electron chi connectivity index (χ4n) is 0.643. The van der Waals surface area contributed by atoms with Crippen LogP contribution in [0.25, 0.3) is 0 Å². The minimum Gasteiger partial charge on any atom is -0.0820 e. The van der Waals surface area contributed by atoms with Crippen molar-refractivity contribution in [3.63, 3.8) is 0 Å². The molecule has 36 valence electrons. The van der Waals surface area contributed by atoms with Gasteiger partial charge in [-0.1, -0.05) is 30.0 Å². The van der Waals surface area contributed by atoms with Crippen molar-refractivity contribution in [3.05, 3.63) is 23.4 Å². The van der Waals surface area contributed by atoms with Gasteiger partial charge >= 0.3 is 0 Å². The first-order valence-corrected chi connectivity index (χ1v) is 3.98. The molecule has 1 heteroatoms. The van der Waals surface area contributed by atoms with Gasteiger partial charge in [-0.25, -0.2) is 0 Å². The van der Waals surface area contributed by atoms with Gasteiger partial charge in [0.15, 0.2) is 0 Å². The second-order valence-electron chi connectivity index (χ2n) is 1.55. The van der Waals surface area contributed by atoms with Crippen molar-refractivity contribution >= 4 is 9.52 Å². The lowest BCUT2D eigenvalue weighted by molar-refractivity contribution is 1.45. The van der Waals surface area contributed by atoms with Gasteiger partial charge in [0, 0.05) is 0 Å². The highest BCUT2D eigenvalue weighted by molar-refractivity contribution is 6.44. The van der Waals surface area contributed by atoms with Gasteiger partial charge in [0.25, 0.3) is 0 Å². The number of hydrogen-bond acceptors (Lipinski definition) is 0. The SMILES string of the molecule is C[Si]C1=CCC=C1. The summed E-state index contributed by atoms with van der Waals surface area (Å²) < 4.78 is 0. The minimum atomic E-state index is 0.986. The molecule has 0 nitrogen and oxygen atoms in total. The number of rotatable bonds is 1. The zero-order valence-electron chi connectivity index (χ0n) is 4.44. The van der Waals surface area contributed by atoms with E-state index in [2.05, 4.69) is 24.8 Å². The van der Waals surface area contributed by atoms with E-state index in [1.807, 2.05) is 0 Å². The Bertz CT molecular complexity index is 111. The standard InChI is InChI=1S/C6H8Si/c1-7-6-4-2-3-5-6/h2,4-5H,3H2,1H3. The Kier molecular flexibility index (Phi) is 1.47. The molecule has 0 aliphatic heterocycles. The van der Waals surface area contributed by atoms with E-state index < -0.39 is 0 Å². The summed E-state index contributed by atoms with van der Waals surface area (Å²) in [6.45, 7) is 2.21. The fraction of sp³-hybridized carbons (Fsp3) is 0.333. The van der Waals surface area contributed by atoms with Crippen LogP contribution in [0.5, 0.6) is 0 Å². The van der Waals surface area contributed by atoms with Gasteiger partial charge < -0.3 is 0 Å². The summed E-state index contributed by atoms with van der Waals surface area (Å²) in [7, 11) is 0.986. The third kappa shape index (κ3) is 1.03. The van der Waals surface area contributed by atoms with E-state index in [9.17, 15) is 0 Å². The smallest absolute Gasteiger partial charge is 0.0768 e. The Morgan fingerprint density at radius 1 is 1.71 bits per heavy atom. The molecule has 0 heterocycles. The van der Waals surface area contributed by atoms with Crippen molar-refractivity contribution in [3.8, 4) is 0 Å². The van der Waals surface area contributed by atoms with Crippen molar-refractivity contribution in [1.29, 1.82) is 0 Å². The molecule has 0 fully saturated rings. The predicted molar refractivity (Wildman–Crippen MR) is 33.5 cm³/mol. The third-order valence-corrected chi connectivity index (χ3v) is 2.01. The van der Waals surface area contributed by atoms with Crippen molar-refractivity contribution < 1.29 is 0 Å². The van der Waals surface area contributed by atoms with Gasteiger partial charge in [-0.05, 0) is 6.42 Å². The Balaban J connectivity index is 2.52. The van der Waals surface area contributed by atoms with Crippen LogP contribution in [0.15, 0.2) is 23.4 Å². The van der Waals surface area contributed by atoms with E-state index in [-0.39, 0.29) is 0 Å². The molecule has 0 aromatic rings. The molecule has 1 aliphatic rings. The van der Waals surface area contributed by atoms with E-state index >= 15 is 0 Å². The largest absolute Gasteiger partial charge is 0.0820 e. The van der Waals surface area contributed by atoms with Crippen LogP contribution >= 0.6 is 0 Å². The molecule has 0 spiro atoms. The van der Waals surface area contributed by atoms with E-state index in [1.54, 1.807) is 0 Å². The lowest BCUT2D eigenvalue weighted by atomic mass is 10.5. The van der Waals surface area contributed by atoms with Gasteiger partial charge in [-0.15, -0.1) is 0 Å². The van der Waals surface area contributed by atoms with Crippen LogP contribution < -0.4 is 0 Å². The topological polar surface area (TPSA) is 0 Å². The van der Waals surface area contributed by atoms with Gasteiger partial charge in [-0.2, -0.15) is 0 Å². The summed E-state index contributed by atoms with van der Waals surface area (Å²) in [6, 6.07) is 0. The van der Waals surface area contributed by atoms with Crippen LogP contribution in [0.3, 0.4) is 0 Å². The summed E-state index contributed by atoms with van der Waals surface area (Å²) in [4.78, 5) is 0. The summed E-state index contributed by atoms with van der Waals surface area (Å²) in [5.74, 6) is 0. The molecule has 0 saturated carbocycles. The number of allylic oxidation sites excluding steroid dienone is 4.